The molecule has 0 radical (unpaired) electrons. The Balaban J connectivity index is 2.04. The molecule has 108 valence electrons. The fraction of sp³-hybridized carbons (Fsp3) is 0.667. The maximum absolute atomic E-state index is 12.3. The summed E-state index contributed by atoms with van der Waals surface area (Å²) in [6.45, 7) is 3.99. The summed E-state index contributed by atoms with van der Waals surface area (Å²) in [5.74, 6) is 0. The Bertz CT molecular complexity index is 521. The molecule has 1 heterocycles. The number of rotatable bonds is 8. The Morgan fingerprint density at radius 2 is 2.21 bits per heavy atom. The second kappa shape index (κ2) is 6.13. The Hall–Kier alpha value is -0.0800. The van der Waals surface area contributed by atoms with E-state index in [-0.39, 0.29) is 4.75 Å². The van der Waals surface area contributed by atoms with Gasteiger partial charge in [0.2, 0.25) is 10.0 Å². The lowest BCUT2D eigenvalue weighted by molar-refractivity contribution is 0.578. The molecule has 19 heavy (non-hydrogen) atoms. The van der Waals surface area contributed by atoms with Gasteiger partial charge in [-0.3, -0.25) is 0 Å². The van der Waals surface area contributed by atoms with Gasteiger partial charge in [-0.15, -0.1) is 11.3 Å². The molecule has 0 spiro atoms. The van der Waals surface area contributed by atoms with Crippen LogP contribution in [0.4, 0.5) is 0 Å². The fourth-order valence-corrected chi connectivity index (χ4v) is 5.19. The highest BCUT2D eigenvalue weighted by Gasteiger charge is 2.42. The quantitative estimate of drug-likeness (QED) is 0.769. The molecule has 4 nitrogen and oxygen atoms in total. The first-order chi connectivity index (χ1) is 9.03. The average Bonchev–Trinajstić information content (AvgIpc) is 3.03. The van der Waals surface area contributed by atoms with E-state index in [2.05, 4.69) is 10.0 Å². The van der Waals surface area contributed by atoms with Gasteiger partial charge in [0.1, 0.15) is 0 Å². The largest absolute Gasteiger partial charge is 0.312 e. The van der Waals surface area contributed by atoms with Gasteiger partial charge in [0.15, 0.2) is 0 Å². The van der Waals surface area contributed by atoms with E-state index in [1.807, 2.05) is 18.6 Å². The van der Waals surface area contributed by atoms with Gasteiger partial charge in [0.05, 0.1) is 4.90 Å². The monoisotopic (exact) mass is 320 g/mol. The van der Waals surface area contributed by atoms with Crippen LogP contribution in [0.2, 0.25) is 0 Å². The third-order valence-electron chi connectivity index (χ3n) is 3.35. The predicted molar refractivity (Wildman–Crippen MR) is 82.4 cm³/mol. The number of thiophene rings is 1. The lowest BCUT2D eigenvalue weighted by atomic mass is 10.4. The van der Waals surface area contributed by atoms with Gasteiger partial charge in [-0.2, -0.15) is 11.8 Å². The van der Waals surface area contributed by atoms with Gasteiger partial charge in [0, 0.05) is 22.7 Å². The highest BCUT2D eigenvalue weighted by molar-refractivity contribution is 8.00. The molecule has 1 aliphatic rings. The van der Waals surface area contributed by atoms with E-state index in [1.54, 1.807) is 17.8 Å². The normalized spacial score (nSPS) is 17.6. The number of sulfonamides is 1. The van der Waals surface area contributed by atoms with Crippen molar-refractivity contribution in [3.05, 3.63) is 16.3 Å². The molecule has 0 saturated heterocycles. The van der Waals surface area contributed by atoms with Crippen LogP contribution in [-0.2, 0) is 16.6 Å². The number of hydrogen-bond acceptors (Lipinski definition) is 5. The molecule has 1 aromatic heterocycles. The molecule has 0 aromatic carbocycles. The van der Waals surface area contributed by atoms with E-state index < -0.39 is 10.0 Å². The number of nitrogens with one attached hydrogen (secondary N) is 2. The van der Waals surface area contributed by atoms with Crippen molar-refractivity contribution in [2.75, 3.05) is 19.3 Å². The molecule has 2 N–H and O–H groups in total. The van der Waals surface area contributed by atoms with E-state index in [0.29, 0.717) is 18.0 Å². The molecule has 2 rings (SSSR count). The highest BCUT2D eigenvalue weighted by Crippen LogP contribution is 2.46. The van der Waals surface area contributed by atoms with Gasteiger partial charge in [-0.05, 0) is 37.1 Å². The standard InChI is InChI=1S/C12H20N2O2S3/c1-3-13-8-10-11(4-7-18-10)19(15,16)14-9-12(17-2)5-6-12/h4,7,13-14H,3,5-6,8-9H2,1-2H3. The zero-order valence-electron chi connectivity index (χ0n) is 11.2. The molecule has 0 amide bonds. The molecule has 1 aliphatic carbocycles. The zero-order chi connectivity index (χ0) is 13.9. The summed E-state index contributed by atoms with van der Waals surface area (Å²) in [5.41, 5.74) is 0. The van der Waals surface area contributed by atoms with Crippen molar-refractivity contribution in [1.82, 2.24) is 10.0 Å². The van der Waals surface area contributed by atoms with Crippen molar-refractivity contribution in [3.63, 3.8) is 0 Å². The molecule has 0 bridgehead atoms. The van der Waals surface area contributed by atoms with Crippen molar-refractivity contribution in [1.29, 1.82) is 0 Å². The zero-order valence-corrected chi connectivity index (χ0v) is 13.7. The van der Waals surface area contributed by atoms with Gasteiger partial charge >= 0.3 is 0 Å². The van der Waals surface area contributed by atoms with Crippen molar-refractivity contribution in [3.8, 4) is 0 Å². The Morgan fingerprint density at radius 1 is 1.47 bits per heavy atom. The molecule has 7 heteroatoms. The maximum atomic E-state index is 12.3. The molecule has 0 aliphatic heterocycles. The minimum absolute atomic E-state index is 0.144. The fourth-order valence-electron chi connectivity index (χ4n) is 1.83. The van der Waals surface area contributed by atoms with Crippen LogP contribution in [-0.4, -0.2) is 32.5 Å². The third kappa shape index (κ3) is 3.72. The SMILES string of the molecule is CCNCc1sccc1S(=O)(=O)NCC1(SC)CC1. The predicted octanol–water partition coefficient (Wildman–Crippen LogP) is 2.03. The van der Waals surface area contributed by atoms with Crippen LogP contribution in [0, 0.1) is 0 Å². The molecule has 1 fully saturated rings. The van der Waals surface area contributed by atoms with Crippen LogP contribution in [0.5, 0.6) is 0 Å². The minimum Gasteiger partial charge on any atom is -0.312 e. The van der Waals surface area contributed by atoms with Gasteiger partial charge in [-0.25, -0.2) is 13.1 Å². The van der Waals surface area contributed by atoms with E-state index in [9.17, 15) is 8.42 Å². The summed E-state index contributed by atoms with van der Waals surface area (Å²) >= 11 is 3.24. The van der Waals surface area contributed by atoms with Gasteiger partial charge in [0.25, 0.3) is 0 Å². The lowest BCUT2D eigenvalue weighted by Crippen LogP contribution is -2.32. The molecule has 0 atom stereocenters. The molecular weight excluding hydrogens is 300 g/mol. The topological polar surface area (TPSA) is 58.2 Å². The van der Waals surface area contributed by atoms with Gasteiger partial charge in [-0.1, -0.05) is 6.92 Å². The Morgan fingerprint density at radius 3 is 2.79 bits per heavy atom. The average molecular weight is 321 g/mol. The van der Waals surface area contributed by atoms with E-state index >= 15 is 0 Å². The highest BCUT2D eigenvalue weighted by atomic mass is 32.2. The summed E-state index contributed by atoms with van der Waals surface area (Å²) in [5, 5.41) is 5.01. The van der Waals surface area contributed by atoms with Gasteiger partial charge < -0.3 is 5.32 Å². The van der Waals surface area contributed by atoms with E-state index in [1.165, 1.54) is 11.3 Å². The summed E-state index contributed by atoms with van der Waals surface area (Å²) in [7, 11) is -3.37. The van der Waals surface area contributed by atoms with Crippen LogP contribution in [0.15, 0.2) is 16.3 Å². The second-order valence-corrected chi connectivity index (χ2v) is 8.71. The van der Waals surface area contributed by atoms with E-state index in [4.69, 9.17) is 0 Å². The minimum atomic E-state index is -3.37. The second-order valence-electron chi connectivity index (χ2n) is 4.70. The van der Waals surface area contributed by atoms with Crippen LogP contribution in [0.25, 0.3) is 0 Å². The van der Waals surface area contributed by atoms with Crippen molar-refractivity contribution in [2.24, 2.45) is 0 Å². The smallest absolute Gasteiger partial charge is 0.241 e. The molecule has 1 saturated carbocycles. The van der Waals surface area contributed by atoms with Crippen LogP contribution < -0.4 is 10.0 Å². The van der Waals surface area contributed by atoms with Crippen LogP contribution >= 0.6 is 23.1 Å². The maximum Gasteiger partial charge on any atom is 0.241 e. The molecule has 1 aromatic rings. The van der Waals surface area contributed by atoms with Crippen LogP contribution in [0.1, 0.15) is 24.6 Å². The van der Waals surface area contributed by atoms with Crippen molar-refractivity contribution in [2.45, 2.75) is 36.0 Å². The first-order valence-electron chi connectivity index (χ1n) is 6.35. The van der Waals surface area contributed by atoms with Crippen molar-refractivity contribution < 1.29 is 8.42 Å². The number of hydrogen-bond donors (Lipinski definition) is 2. The molecule has 0 unspecified atom stereocenters. The molecular formula is C12H20N2O2S3. The Labute approximate surface area is 123 Å². The first kappa shape index (κ1) is 15.3. The summed E-state index contributed by atoms with van der Waals surface area (Å²) in [6, 6.07) is 1.69. The third-order valence-corrected chi connectivity index (χ3v) is 7.31. The Kier molecular flexibility index (Phi) is 4.94. The first-order valence-corrected chi connectivity index (χ1v) is 9.94. The summed E-state index contributed by atoms with van der Waals surface area (Å²) in [4.78, 5) is 1.30. The van der Waals surface area contributed by atoms with E-state index in [0.717, 1.165) is 24.3 Å². The van der Waals surface area contributed by atoms with Crippen LogP contribution in [0.3, 0.4) is 0 Å². The summed E-state index contributed by atoms with van der Waals surface area (Å²) < 4.78 is 27.6. The summed E-state index contributed by atoms with van der Waals surface area (Å²) in [6.07, 6.45) is 4.25. The van der Waals surface area contributed by atoms with Crippen molar-refractivity contribution >= 4 is 33.1 Å². The lowest BCUT2D eigenvalue weighted by Gasteiger charge is -2.13. The number of thioether (sulfide) groups is 1.